The lowest BCUT2D eigenvalue weighted by atomic mass is 9.95. The van der Waals surface area contributed by atoms with Crippen molar-refractivity contribution in [1.82, 2.24) is 5.32 Å². The van der Waals surface area contributed by atoms with Gasteiger partial charge in [-0.1, -0.05) is 36.4 Å². The number of ether oxygens (including phenoxy) is 3. The number of methoxy groups -OCH3 is 3. The van der Waals surface area contributed by atoms with Gasteiger partial charge in [0.25, 0.3) is 0 Å². The minimum atomic E-state index is -0.0489. The Labute approximate surface area is 200 Å². The van der Waals surface area contributed by atoms with Crippen molar-refractivity contribution >= 4 is 5.69 Å². The molecule has 2 atom stereocenters. The molecule has 0 heterocycles. The summed E-state index contributed by atoms with van der Waals surface area (Å²) < 4.78 is 17.1. The predicted octanol–water partition coefficient (Wildman–Crippen LogP) is 5.12. The number of hydrogen-bond acceptors (Lipinski definition) is 6. The summed E-state index contributed by atoms with van der Waals surface area (Å²) in [5.74, 6) is 1.79. The Morgan fingerprint density at radius 1 is 0.941 bits per heavy atom. The van der Waals surface area contributed by atoms with Crippen molar-refractivity contribution in [1.29, 1.82) is 0 Å². The summed E-state index contributed by atoms with van der Waals surface area (Å²) in [6.45, 7) is 2.05. The Hall–Kier alpha value is -3.51. The fraction of sp³-hybridized carbons (Fsp3) is 0.321. The number of rotatable bonds is 7. The van der Waals surface area contributed by atoms with Crippen molar-refractivity contribution in [2.75, 3.05) is 33.7 Å². The van der Waals surface area contributed by atoms with Gasteiger partial charge < -0.3 is 24.8 Å². The molecule has 0 fully saturated rings. The molecule has 3 aromatic rings. The van der Waals surface area contributed by atoms with Crippen LogP contribution >= 0.6 is 0 Å². The van der Waals surface area contributed by atoms with Gasteiger partial charge in [-0.25, -0.2) is 0 Å². The van der Waals surface area contributed by atoms with Crippen LogP contribution in [0.3, 0.4) is 0 Å². The van der Waals surface area contributed by atoms with Crippen LogP contribution in [0.15, 0.2) is 59.4 Å². The lowest BCUT2D eigenvalue weighted by Crippen LogP contribution is -2.18. The molecule has 6 heteroatoms. The van der Waals surface area contributed by atoms with Crippen LogP contribution in [0.1, 0.15) is 42.1 Å². The van der Waals surface area contributed by atoms with E-state index in [4.69, 9.17) is 14.2 Å². The van der Waals surface area contributed by atoms with Gasteiger partial charge in [0, 0.05) is 17.6 Å². The van der Waals surface area contributed by atoms with Crippen molar-refractivity contribution in [2.45, 2.75) is 31.8 Å². The van der Waals surface area contributed by atoms with Gasteiger partial charge in [0.15, 0.2) is 11.5 Å². The Morgan fingerprint density at radius 3 is 2.32 bits per heavy atom. The van der Waals surface area contributed by atoms with E-state index in [1.165, 1.54) is 0 Å². The maximum Gasteiger partial charge on any atom is 0.203 e. The first kappa shape index (κ1) is 23.6. The van der Waals surface area contributed by atoms with E-state index in [2.05, 4.69) is 29.7 Å². The van der Waals surface area contributed by atoms with Crippen molar-refractivity contribution in [3.8, 4) is 28.4 Å². The highest BCUT2D eigenvalue weighted by Gasteiger charge is 2.28. The summed E-state index contributed by atoms with van der Waals surface area (Å²) in [7, 11) is 6.79. The van der Waals surface area contributed by atoms with Gasteiger partial charge in [-0.15, -0.1) is 0 Å². The molecular weight excluding hydrogens is 428 g/mol. The average Bonchev–Trinajstić information content (AvgIpc) is 3.11. The highest BCUT2D eigenvalue weighted by atomic mass is 16.5. The summed E-state index contributed by atoms with van der Waals surface area (Å²) in [5, 5.41) is 6.80. The molecule has 0 aromatic heterocycles. The number of anilines is 1. The highest BCUT2D eigenvalue weighted by Crippen LogP contribution is 2.50. The summed E-state index contributed by atoms with van der Waals surface area (Å²) in [5.41, 5.74) is 5.54. The first-order valence-corrected chi connectivity index (χ1v) is 11.5. The number of fused-ring (bicyclic) bond motifs is 3. The second kappa shape index (κ2) is 10.2. The molecule has 0 spiro atoms. The first-order chi connectivity index (χ1) is 16.5. The highest BCUT2D eigenvalue weighted by molar-refractivity contribution is 5.83. The lowest BCUT2D eigenvalue weighted by Gasteiger charge is -2.19. The van der Waals surface area contributed by atoms with Crippen LogP contribution in [-0.2, 0) is 6.42 Å². The smallest absolute Gasteiger partial charge is 0.203 e. The van der Waals surface area contributed by atoms with Crippen molar-refractivity contribution < 1.29 is 14.2 Å². The van der Waals surface area contributed by atoms with Crippen molar-refractivity contribution in [3.05, 3.63) is 81.5 Å². The maximum atomic E-state index is 13.4. The second-order valence-corrected chi connectivity index (χ2v) is 8.46. The van der Waals surface area contributed by atoms with Crippen LogP contribution < -0.4 is 30.3 Å². The van der Waals surface area contributed by atoms with Crippen LogP contribution in [0.4, 0.5) is 5.69 Å². The molecule has 2 N–H and O–H groups in total. The molecular formula is C28H32N2O4. The number of benzene rings is 2. The molecule has 0 saturated heterocycles. The Kier molecular flexibility index (Phi) is 7.08. The van der Waals surface area contributed by atoms with E-state index in [1.807, 2.05) is 43.4 Å². The Balaban J connectivity index is 1.91. The monoisotopic (exact) mass is 460 g/mol. The molecule has 1 aliphatic rings. The molecule has 0 saturated carbocycles. The minimum absolute atomic E-state index is 0.0117. The van der Waals surface area contributed by atoms with Crippen molar-refractivity contribution in [3.63, 3.8) is 0 Å². The van der Waals surface area contributed by atoms with Crippen LogP contribution in [0.5, 0.6) is 17.2 Å². The van der Waals surface area contributed by atoms with Crippen LogP contribution in [0, 0.1) is 0 Å². The van der Waals surface area contributed by atoms with Gasteiger partial charge in [-0.3, -0.25) is 4.79 Å². The third-order valence-electron chi connectivity index (χ3n) is 6.56. The average molecular weight is 461 g/mol. The minimum Gasteiger partial charge on any atom is -0.493 e. The zero-order valence-electron chi connectivity index (χ0n) is 20.4. The zero-order chi connectivity index (χ0) is 24.2. The SMILES string of the molecule is CN[C@H]1CCc2cc(OC)c(OC)c(OC)c2-c2ccc(NC(C)c3ccccc3)c(=O)cc21. The van der Waals surface area contributed by atoms with Gasteiger partial charge in [-0.2, -0.15) is 0 Å². The topological polar surface area (TPSA) is 68.8 Å². The third-order valence-corrected chi connectivity index (χ3v) is 6.56. The van der Waals surface area contributed by atoms with Crippen LogP contribution in [0.2, 0.25) is 0 Å². The van der Waals surface area contributed by atoms with Crippen LogP contribution in [0.25, 0.3) is 11.1 Å². The van der Waals surface area contributed by atoms with Gasteiger partial charge in [0.05, 0.1) is 27.0 Å². The van der Waals surface area contributed by atoms with Gasteiger partial charge >= 0.3 is 0 Å². The molecule has 0 bridgehead atoms. The van der Waals surface area contributed by atoms with E-state index in [-0.39, 0.29) is 17.5 Å². The van der Waals surface area contributed by atoms with Crippen molar-refractivity contribution in [2.24, 2.45) is 0 Å². The molecule has 178 valence electrons. The molecule has 6 nitrogen and oxygen atoms in total. The molecule has 3 aromatic carbocycles. The van der Waals surface area contributed by atoms with Crippen LogP contribution in [-0.4, -0.2) is 28.4 Å². The van der Waals surface area contributed by atoms with Gasteiger partial charge in [0.2, 0.25) is 11.2 Å². The largest absolute Gasteiger partial charge is 0.493 e. The summed E-state index contributed by atoms with van der Waals surface area (Å²) >= 11 is 0. The molecule has 1 unspecified atom stereocenters. The standard InChI is InChI=1S/C28H32N2O4/c1-17(18-9-7-6-8-10-18)30-23-14-12-20-21(16-24(23)31)22(29-2)13-11-19-15-25(32-3)27(33-4)28(34-5)26(19)20/h6-10,12,14-17,22,29H,11,13H2,1-5H3,(H,30,31)/t17?,22-/m0/s1. The zero-order valence-corrected chi connectivity index (χ0v) is 20.4. The summed E-state index contributed by atoms with van der Waals surface area (Å²) in [6.07, 6.45) is 1.64. The molecule has 0 radical (unpaired) electrons. The quantitative estimate of drug-likeness (QED) is 0.510. The van der Waals surface area contributed by atoms with E-state index >= 15 is 0 Å². The molecule has 0 amide bonds. The first-order valence-electron chi connectivity index (χ1n) is 11.5. The lowest BCUT2D eigenvalue weighted by molar-refractivity contribution is 0.324. The normalized spacial score (nSPS) is 15.4. The van der Waals surface area contributed by atoms with Gasteiger partial charge in [0.1, 0.15) is 0 Å². The second-order valence-electron chi connectivity index (χ2n) is 8.46. The fourth-order valence-corrected chi connectivity index (χ4v) is 4.79. The number of nitrogens with one attached hydrogen (secondary N) is 2. The Morgan fingerprint density at radius 2 is 1.68 bits per heavy atom. The van der Waals surface area contributed by atoms with Gasteiger partial charge in [-0.05, 0) is 67.3 Å². The van der Waals surface area contributed by atoms with E-state index in [0.29, 0.717) is 22.9 Å². The summed E-state index contributed by atoms with van der Waals surface area (Å²) in [4.78, 5) is 13.4. The van der Waals surface area contributed by atoms with E-state index in [9.17, 15) is 4.79 Å². The van der Waals surface area contributed by atoms with E-state index in [0.717, 1.165) is 40.7 Å². The van der Waals surface area contributed by atoms with E-state index < -0.39 is 0 Å². The molecule has 1 aliphatic carbocycles. The molecule has 0 aliphatic heterocycles. The summed E-state index contributed by atoms with van der Waals surface area (Å²) in [6, 6.07) is 17.8. The van der Waals surface area contributed by atoms with E-state index in [1.54, 1.807) is 27.4 Å². The Bertz CT molecular complexity index is 1230. The predicted molar refractivity (Wildman–Crippen MR) is 136 cm³/mol. The number of hydrogen-bond donors (Lipinski definition) is 2. The third kappa shape index (κ3) is 4.33. The fourth-order valence-electron chi connectivity index (χ4n) is 4.79. The molecule has 4 rings (SSSR count). The maximum absolute atomic E-state index is 13.4. The molecule has 34 heavy (non-hydrogen) atoms. The number of aryl methyl sites for hydroxylation is 1.